The van der Waals surface area contributed by atoms with Crippen molar-refractivity contribution in [2.24, 2.45) is 0 Å². The lowest BCUT2D eigenvalue weighted by Crippen LogP contribution is -1.91. The van der Waals surface area contributed by atoms with Gasteiger partial charge in [-0.25, -0.2) is 0 Å². The van der Waals surface area contributed by atoms with Gasteiger partial charge >= 0.3 is 0 Å². The van der Waals surface area contributed by atoms with Crippen LogP contribution in [-0.4, -0.2) is 4.57 Å². The van der Waals surface area contributed by atoms with Crippen molar-refractivity contribution in [2.75, 3.05) is 0 Å². The molecule has 1 heterocycles. The lowest BCUT2D eigenvalue weighted by atomic mass is 10.2. The fourth-order valence-corrected chi connectivity index (χ4v) is 2.03. The van der Waals surface area contributed by atoms with E-state index in [1.165, 1.54) is 5.39 Å². The summed E-state index contributed by atoms with van der Waals surface area (Å²) in [7, 11) is 0. The minimum absolute atomic E-state index is 0.681. The second-order valence-corrected chi connectivity index (χ2v) is 3.91. The molecule has 0 aliphatic rings. The van der Waals surface area contributed by atoms with E-state index in [4.69, 9.17) is 5.26 Å². The Hall–Kier alpha value is -2.53. The molecule has 0 bridgehead atoms. The zero-order valence-electron chi connectivity index (χ0n) is 9.17. The summed E-state index contributed by atoms with van der Waals surface area (Å²) >= 11 is 0. The molecular formula is C15H10N2. The Balaban J connectivity index is 2.24. The fourth-order valence-electron chi connectivity index (χ4n) is 2.03. The summed E-state index contributed by atoms with van der Waals surface area (Å²) in [5, 5.41) is 10.1. The van der Waals surface area contributed by atoms with Gasteiger partial charge in [0.2, 0.25) is 0 Å². The third-order valence-electron chi connectivity index (χ3n) is 2.85. The van der Waals surface area contributed by atoms with E-state index in [9.17, 15) is 0 Å². The zero-order valence-corrected chi connectivity index (χ0v) is 9.17. The number of para-hydroxylation sites is 1. The van der Waals surface area contributed by atoms with Crippen LogP contribution in [0.5, 0.6) is 0 Å². The van der Waals surface area contributed by atoms with Crippen LogP contribution in [0.4, 0.5) is 0 Å². The molecule has 0 atom stereocenters. The Labute approximate surface area is 99.3 Å². The van der Waals surface area contributed by atoms with Crippen molar-refractivity contribution in [1.82, 2.24) is 4.57 Å². The van der Waals surface area contributed by atoms with Gasteiger partial charge in [-0.2, -0.15) is 5.26 Å². The number of rotatable bonds is 1. The highest BCUT2D eigenvalue weighted by molar-refractivity contribution is 5.81. The second-order valence-electron chi connectivity index (χ2n) is 3.91. The molecular weight excluding hydrogens is 208 g/mol. The summed E-state index contributed by atoms with van der Waals surface area (Å²) in [6.45, 7) is 0. The van der Waals surface area contributed by atoms with Crippen LogP contribution in [0, 0.1) is 11.3 Å². The molecule has 0 saturated heterocycles. The molecule has 3 aromatic rings. The molecule has 17 heavy (non-hydrogen) atoms. The second kappa shape index (κ2) is 3.80. The highest BCUT2D eigenvalue weighted by Gasteiger charge is 2.02. The molecule has 0 spiro atoms. The third-order valence-corrected chi connectivity index (χ3v) is 2.85. The van der Waals surface area contributed by atoms with Crippen LogP contribution in [0.15, 0.2) is 60.8 Å². The van der Waals surface area contributed by atoms with Crippen LogP contribution in [0.2, 0.25) is 0 Å². The zero-order chi connectivity index (χ0) is 11.7. The van der Waals surface area contributed by atoms with E-state index >= 15 is 0 Å². The Kier molecular flexibility index (Phi) is 2.16. The molecule has 2 aromatic carbocycles. The predicted molar refractivity (Wildman–Crippen MR) is 68.0 cm³/mol. The van der Waals surface area contributed by atoms with E-state index in [0.29, 0.717) is 5.56 Å². The molecule has 0 radical (unpaired) electrons. The smallest absolute Gasteiger partial charge is 0.0992 e. The van der Waals surface area contributed by atoms with Crippen LogP contribution in [0.1, 0.15) is 5.56 Å². The van der Waals surface area contributed by atoms with Crippen molar-refractivity contribution in [3.05, 3.63) is 66.4 Å². The van der Waals surface area contributed by atoms with E-state index in [0.717, 1.165) is 11.2 Å². The number of nitriles is 1. The van der Waals surface area contributed by atoms with Gasteiger partial charge < -0.3 is 4.57 Å². The van der Waals surface area contributed by atoms with Gasteiger partial charge in [0.05, 0.1) is 17.1 Å². The number of hydrogen-bond donors (Lipinski definition) is 0. The quantitative estimate of drug-likeness (QED) is 0.614. The molecule has 0 amide bonds. The minimum Gasteiger partial charge on any atom is -0.317 e. The van der Waals surface area contributed by atoms with Gasteiger partial charge in [-0.15, -0.1) is 0 Å². The van der Waals surface area contributed by atoms with Gasteiger partial charge in [0.1, 0.15) is 0 Å². The van der Waals surface area contributed by atoms with E-state index in [2.05, 4.69) is 28.8 Å². The van der Waals surface area contributed by atoms with Crippen LogP contribution in [0.25, 0.3) is 16.6 Å². The maximum absolute atomic E-state index is 8.91. The molecule has 1 aromatic heterocycles. The molecule has 0 unspecified atom stereocenters. The number of hydrogen-bond acceptors (Lipinski definition) is 1. The van der Waals surface area contributed by atoms with Gasteiger partial charge in [-0.3, -0.25) is 0 Å². The fraction of sp³-hybridized carbons (Fsp3) is 0. The highest BCUT2D eigenvalue weighted by Crippen LogP contribution is 2.20. The van der Waals surface area contributed by atoms with Gasteiger partial charge in [-0.05, 0) is 35.7 Å². The summed E-state index contributed by atoms with van der Waals surface area (Å²) in [5.74, 6) is 0. The maximum Gasteiger partial charge on any atom is 0.0992 e. The van der Waals surface area contributed by atoms with Gasteiger partial charge in [0.15, 0.2) is 0 Å². The van der Waals surface area contributed by atoms with Gasteiger partial charge in [0.25, 0.3) is 0 Å². The standard InChI is InChI=1S/C15H10N2/c16-11-12-4-3-6-14(10-12)17-9-8-13-5-1-2-7-15(13)17/h1-10H. The van der Waals surface area contributed by atoms with E-state index in [-0.39, 0.29) is 0 Å². The first-order chi connectivity index (χ1) is 8.38. The molecule has 0 N–H and O–H groups in total. The molecule has 0 aliphatic carbocycles. The number of fused-ring (bicyclic) bond motifs is 1. The number of aromatic nitrogens is 1. The Morgan fingerprint density at radius 1 is 0.941 bits per heavy atom. The van der Waals surface area contributed by atoms with Crippen molar-refractivity contribution in [3.63, 3.8) is 0 Å². The topological polar surface area (TPSA) is 28.7 Å². The Morgan fingerprint density at radius 2 is 1.82 bits per heavy atom. The summed E-state index contributed by atoms with van der Waals surface area (Å²) < 4.78 is 2.09. The molecule has 0 saturated carbocycles. The first kappa shape index (κ1) is 9.68. The first-order valence-corrected chi connectivity index (χ1v) is 5.45. The molecule has 3 rings (SSSR count). The highest BCUT2D eigenvalue weighted by atomic mass is 15.0. The summed E-state index contributed by atoms with van der Waals surface area (Å²) in [5.41, 5.74) is 2.85. The van der Waals surface area contributed by atoms with Crippen LogP contribution in [-0.2, 0) is 0 Å². The summed E-state index contributed by atoms with van der Waals surface area (Å²) in [4.78, 5) is 0. The largest absolute Gasteiger partial charge is 0.317 e. The van der Waals surface area contributed by atoms with Crippen LogP contribution < -0.4 is 0 Å². The SMILES string of the molecule is N#Cc1cccc(-n2ccc3ccccc32)c1. The van der Waals surface area contributed by atoms with Crippen molar-refractivity contribution in [2.45, 2.75) is 0 Å². The van der Waals surface area contributed by atoms with Crippen molar-refractivity contribution >= 4 is 10.9 Å². The molecule has 80 valence electrons. The number of nitrogens with zero attached hydrogens (tertiary/aromatic N) is 2. The maximum atomic E-state index is 8.91. The van der Waals surface area contributed by atoms with E-state index in [1.807, 2.05) is 42.6 Å². The van der Waals surface area contributed by atoms with Gasteiger partial charge in [0, 0.05) is 11.9 Å². The van der Waals surface area contributed by atoms with Gasteiger partial charge in [-0.1, -0.05) is 24.3 Å². The third kappa shape index (κ3) is 1.58. The van der Waals surface area contributed by atoms with Crippen molar-refractivity contribution in [1.29, 1.82) is 5.26 Å². The molecule has 2 heteroatoms. The van der Waals surface area contributed by atoms with E-state index < -0.39 is 0 Å². The Bertz CT molecular complexity index is 717. The average Bonchev–Trinajstić information content (AvgIpc) is 2.82. The van der Waals surface area contributed by atoms with Crippen molar-refractivity contribution < 1.29 is 0 Å². The molecule has 0 fully saturated rings. The summed E-state index contributed by atoms with van der Waals surface area (Å²) in [6.07, 6.45) is 2.03. The molecule has 2 nitrogen and oxygen atoms in total. The van der Waals surface area contributed by atoms with Crippen LogP contribution in [0.3, 0.4) is 0 Å². The normalized spacial score (nSPS) is 10.3. The van der Waals surface area contributed by atoms with Crippen LogP contribution >= 0.6 is 0 Å². The molecule has 0 aliphatic heterocycles. The Morgan fingerprint density at radius 3 is 2.71 bits per heavy atom. The van der Waals surface area contributed by atoms with Crippen molar-refractivity contribution in [3.8, 4) is 11.8 Å². The minimum atomic E-state index is 0.681. The summed E-state index contributed by atoms with van der Waals surface area (Å²) in [6, 6.07) is 20.1. The number of benzene rings is 2. The lowest BCUT2D eigenvalue weighted by molar-refractivity contribution is 1.13. The first-order valence-electron chi connectivity index (χ1n) is 5.45. The average molecular weight is 218 g/mol. The van der Waals surface area contributed by atoms with E-state index in [1.54, 1.807) is 0 Å². The monoisotopic (exact) mass is 218 g/mol. The lowest BCUT2D eigenvalue weighted by Gasteiger charge is -2.05. The predicted octanol–water partition coefficient (Wildman–Crippen LogP) is 3.50.